The molecular weight excluding hydrogens is 477 g/mol. The third kappa shape index (κ3) is 4.93. The lowest BCUT2D eigenvalue weighted by atomic mass is 9.85. The molecule has 1 N–H and O–H groups in total. The average Bonchev–Trinajstić information content (AvgIpc) is 3.29. The number of nitrogens with one attached hydrogen (secondary N) is 1. The maximum absolute atomic E-state index is 14.4. The van der Waals surface area contributed by atoms with Crippen molar-refractivity contribution in [2.45, 2.75) is 46.1 Å². The van der Waals surface area contributed by atoms with E-state index in [4.69, 9.17) is 11.6 Å². The van der Waals surface area contributed by atoms with Crippen LogP contribution in [0.4, 0.5) is 4.39 Å². The van der Waals surface area contributed by atoms with Gasteiger partial charge in [0.25, 0.3) is 0 Å². The van der Waals surface area contributed by atoms with Crippen LogP contribution in [0.5, 0.6) is 0 Å². The number of aromatic nitrogens is 2. The van der Waals surface area contributed by atoms with Crippen LogP contribution >= 0.6 is 22.9 Å². The molecule has 4 rings (SSSR count). The summed E-state index contributed by atoms with van der Waals surface area (Å²) < 4.78 is 14.4. The first-order valence-electron chi connectivity index (χ1n) is 10.8. The van der Waals surface area contributed by atoms with E-state index in [1.54, 1.807) is 32.2 Å². The van der Waals surface area contributed by atoms with Crippen molar-refractivity contribution in [1.82, 2.24) is 15.3 Å². The molecule has 2 aromatic heterocycles. The monoisotopic (exact) mass is 499 g/mol. The lowest BCUT2D eigenvalue weighted by Crippen LogP contribution is -2.27. The Hall–Kier alpha value is -2.97. The van der Waals surface area contributed by atoms with E-state index in [0.717, 1.165) is 9.88 Å². The van der Waals surface area contributed by atoms with Crippen molar-refractivity contribution >= 4 is 40.4 Å². The first kappa shape index (κ1) is 24.2. The summed E-state index contributed by atoms with van der Waals surface area (Å²) in [6.45, 7) is 5.81. The minimum atomic E-state index is -0.920. The Kier molecular flexibility index (Phi) is 6.91. The summed E-state index contributed by atoms with van der Waals surface area (Å²) in [6.07, 6.45) is 3.10. The molecule has 9 heteroatoms. The highest BCUT2D eigenvalue weighted by molar-refractivity contribution is 7.11. The first-order chi connectivity index (χ1) is 16.1. The average molecular weight is 500 g/mol. The molecule has 1 fully saturated rings. The lowest BCUT2D eigenvalue weighted by molar-refractivity contribution is -0.128. The molecule has 0 bridgehead atoms. The minimum absolute atomic E-state index is 0.0290. The van der Waals surface area contributed by atoms with Gasteiger partial charge in [0.1, 0.15) is 22.4 Å². The maximum atomic E-state index is 14.4. The zero-order valence-corrected chi connectivity index (χ0v) is 20.5. The number of carbonyl (C=O) groups is 3. The van der Waals surface area contributed by atoms with E-state index in [9.17, 15) is 18.8 Å². The molecule has 1 aliphatic carbocycles. The van der Waals surface area contributed by atoms with Gasteiger partial charge in [-0.15, -0.1) is 11.3 Å². The highest BCUT2D eigenvalue weighted by Crippen LogP contribution is 2.38. The molecule has 1 aromatic carbocycles. The third-order valence-corrected chi connectivity index (χ3v) is 7.08. The summed E-state index contributed by atoms with van der Waals surface area (Å²) in [6, 6.07) is 4.63. The molecule has 0 saturated heterocycles. The van der Waals surface area contributed by atoms with Crippen LogP contribution in [0.15, 0.2) is 30.6 Å². The Bertz CT molecular complexity index is 1280. The summed E-state index contributed by atoms with van der Waals surface area (Å²) >= 11 is 7.30. The van der Waals surface area contributed by atoms with Crippen molar-refractivity contribution in [2.75, 3.05) is 0 Å². The smallest absolute Gasteiger partial charge is 0.221 e. The van der Waals surface area contributed by atoms with Crippen LogP contribution in [0.1, 0.15) is 45.3 Å². The molecular formula is C25H23ClFN3O3S. The molecule has 0 radical (unpaired) electrons. The number of thiazole rings is 1. The zero-order valence-electron chi connectivity index (χ0n) is 18.9. The van der Waals surface area contributed by atoms with Crippen LogP contribution in [0.2, 0.25) is 5.02 Å². The van der Waals surface area contributed by atoms with Gasteiger partial charge in [0.05, 0.1) is 11.6 Å². The fraction of sp³-hybridized carbons (Fsp3) is 0.320. The number of aryl methyl sites for hydroxylation is 3. The molecule has 0 aliphatic heterocycles. The van der Waals surface area contributed by atoms with E-state index in [2.05, 4.69) is 15.3 Å². The molecule has 1 saturated carbocycles. The largest absolute Gasteiger partial charge is 0.350 e. The van der Waals surface area contributed by atoms with Crippen molar-refractivity contribution in [1.29, 1.82) is 0 Å². The Balaban J connectivity index is 1.51. The highest BCUT2D eigenvalue weighted by Gasteiger charge is 2.43. The maximum Gasteiger partial charge on any atom is 0.221 e. The van der Waals surface area contributed by atoms with Gasteiger partial charge in [-0.05, 0) is 55.7 Å². The van der Waals surface area contributed by atoms with Crippen LogP contribution in [0.3, 0.4) is 0 Å². The number of pyridine rings is 1. The highest BCUT2D eigenvalue weighted by atomic mass is 35.5. The van der Waals surface area contributed by atoms with Gasteiger partial charge in [-0.3, -0.25) is 19.4 Å². The number of benzene rings is 1. The third-order valence-electron chi connectivity index (χ3n) is 5.96. The zero-order chi connectivity index (χ0) is 24.6. The summed E-state index contributed by atoms with van der Waals surface area (Å²) in [7, 11) is 0. The second-order valence-corrected chi connectivity index (χ2v) is 10.3. The number of hydrogen-bond acceptors (Lipinski definition) is 6. The SMILES string of the molecule is Cc1cnc(CNC(=O)CC2CC(=O)C(c3c(C)cc(-c4ncc(Cl)cc4F)cc3C)C2=O)s1. The van der Waals surface area contributed by atoms with Gasteiger partial charge in [0.2, 0.25) is 5.91 Å². The van der Waals surface area contributed by atoms with Crippen LogP contribution in [0, 0.1) is 32.5 Å². The van der Waals surface area contributed by atoms with Crippen LogP contribution < -0.4 is 5.32 Å². The van der Waals surface area contributed by atoms with E-state index < -0.39 is 17.7 Å². The number of amides is 1. The van der Waals surface area contributed by atoms with Crippen LogP contribution in [-0.4, -0.2) is 27.4 Å². The number of hydrogen-bond donors (Lipinski definition) is 1. The van der Waals surface area contributed by atoms with E-state index in [-0.39, 0.29) is 41.0 Å². The van der Waals surface area contributed by atoms with Gasteiger partial charge >= 0.3 is 0 Å². The van der Waals surface area contributed by atoms with Crippen LogP contribution in [-0.2, 0) is 20.9 Å². The minimum Gasteiger partial charge on any atom is -0.350 e. The molecule has 1 amide bonds. The predicted molar refractivity (Wildman–Crippen MR) is 128 cm³/mol. The van der Waals surface area contributed by atoms with Gasteiger partial charge in [-0.2, -0.15) is 0 Å². The summed E-state index contributed by atoms with van der Waals surface area (Å²) in [4.78, 5) is 47.8. The number of Topliss-reactive ketones (excluding diaryl/α,β-unsaturated/α-hetero) is 2. The molecule has 3 aromatic rings. The molecule has 2 heterocycles. The Labute approximate surface area is 205 Å². The quantitative estimate of drug-likeness (QED) is 0.489. The Morgan fingerprint density at radius 1 is 1.15 bits per heavy atom. The van der Waals surface area contributed by atoms with Crippen LogP contribution in [0.25, 0.3) is 11.3 Å². The molecule has 2 unspecified atom stereocenters. The normalized spacial score (nSPS) is 17.9. The van der Waals surface area contributed by atoms with Gasteiger partial charge in [-0.25, -0.2) is 9.37 Å². The number of carbonyl (C=O) groups excluding carboxylic acids is 3. The fourth-order valence-electron chi connectivity index (χ4n) is 4.48. The van der Waals surface area contributed by atoms with Crippen molar-refractivity contribution in [2.24, 2.45) is 5.92 Å². The standard InChI is InChI=1S/C25H23ClFN3O3S/c1-12-4-15(24-18(27)8-17(26)10-30-24)5-13(2)22(12)23-19(31)6-16(25(23)33)7-20(32)28-11-21-29-9-14(3)34-21/h4-5,8-10,16,23H,6-7,11H2,1-3H3,(H,28,32). The van der Waals surface area contributed by atoms with Crippen molar-refractivity contribution in [3.05, 3.63) is 68.0 Å². The second kappa shape index (κ2) is 9.72. The molecule has 2 atom stereocenters. The van der Waals surface area contributed by atoms with Gasteiger partial charge < -0.3 is 5.32 Å². The topological polar surface area (TPSA) is 89.0 Å². The number of nitrogens with zero attached hydrogens (tertiary/aromatic N) is 2. The van der Waals surface area contributed by atoms with Crippen molar-refractivity contribution < 1.29 is 18.8 Å². The van der Waals surface area contributed by atoms with Crippen molar-refractivity contribution in [3.63, 3.8) is 0 Å². The first-order valence-corrected chi connectivity index (χ1v) is 12.0. The second-order valence-electron chi connectivity index (χ2n) is 8.56. The van der Waals surface area contributed by atoms with E-state index in [0.29, 0.717) is 28.8 Å². The van der Waals surface area contributed by atoms with E-state index in [1.165, 1.54) is 23.6 Å². The summed E-state index contributed by atoms with van der Waals surface area (Å²) in [5.74, 6) is -2.87. The van der Waals surface area contributed by atoms with E-state index in [1.807, 2.05) is 6.92 Å². The molecule has 176 valence electrons. The fourth-order valence-corrected chi connectivity index (χ4v) is 5.35. The number of halogens is 2. The molecule has 0 spiro atoms. The van der Waals surface area contributed by atoms with E-state index >= 15 is 0 Å². The Morgan fingerprint density at radius 3 is 2.47 bits per heavy atom. The van der Waals surface area contributed by atoms with Gasteiger partial charge in [0.15, 0.2) is 11.6 Å². The number of rotatable bonds is 6. The van der Waals surface area contributed by atoms with Gasteiger partial charge in [-0.1, -0.05) is 11.6 Å². The summed E-state index contributed by atoms with van der Waals surface area (Å²) in [5.41, 5.74) is 2.70. The lowest BCUT2D eigenvalue weighted by Gasteiger charge is -2.17. The molecule has 6 nitrogen and oxygen atoms in total. The molecule has 34 heavy (non-hydrogen) atoms. The number of ketones is 2. The van der Waals surface area contributed by atoms with Crippen molar-refractivity contribution in [3.8, 4) is 11.3 Å². The van der Waals surface area contributed by atoms with Gasteiger partial charge in [0, 0.05) is 41.6 Å². The predicted octanol–water partition coefficient (Wildman–Crippen LogP) is 4.87. The molecule has 1 aliphatic rings. The Morgan fingerprint density at radius 2 is 1.85 bits per heavy atom. The summed E-state index contributed by atoms with van der Waals surface area (Å²) in [5, 5.41) is 3.77.